The average Bonchev–Trinajstić information content (AvgIpc) is 3.21. The predicted molar refractivity (Wildman–Crippen MR) is 131 cm³/mol. The number of rotatable bonds is 5. The summed E-state index contributed by atoms with van der Waals surface area (Å²) >= 11 is 6.06. The van der Waals surface area contributed by atoms with Crippen LogP contribution < -0.4 is 15.5 Å². The number of urea groups is 1. The molecule has 0 aliphatic carbocycles. The van der Waals surface area contributed by atoms with Gasteiger partial charge in [0.2, 0.25) is 0 Å². The molecular formula is C26H26ClN3O2. The lowest BCUT2D eigenvalue weighted by Gasteiger charge is -2.18. The highest BCUT2D eigenvalue weighted by Crippen LogP contribution is 2.31. The normalized spacial score (nSPS) is 12.6. The number of anilines is 2. The lowest BCUT2D eigenvalue weighted by atomic mass is 10.0. The van der Waals surface area contributed by atoms with Gasteiger partial charge >= 0.3 is 6.03 Å². The number of nitrogens with one attached hydrogen (secondary N) is 2. The summed E-state index contributed by atoms with van der Waals surface area (Å²) in [6.45, 7) is 5.42. The Kier molecular flexibility index (Phi) is 6.47. The molecule has 0 bridgehead atoms. The van der Waals surface area contributed by atoms with Crippen molar-refractivity contribution in [3.05, 3.63) is 82.9 Å². The Hall–Kier alpha value is -3.31. The van der Waals surface area contributed by atoms with Crippen LogP contribution >= 0.6 is 11.6 Å². The summed E-state index contributed by atoms with van der Waals surface area (Å²) in [5.41, 5.74) is 5.38. The van der Waals surface area contributed by atoms with Crippen LogP contribution in [0.3, 0.4) is 0 Å². The molecule has 4 rings (SSSR count). The number of fused-ring (bicyclic) bond motifs is 1. The van der Waals surface area contributed by atoms with Crippen LogP contribution in [0, 0.1) is 5.92 Å². The standard InChI is InChI=1S/C26H26ClN3O2/c1-17(2)16-28-25(31)20-5-3-18(4-6-20)19-7-10-23(11-8-19)29-26(32)30-14-13-21-15-22(27)9-12-24(21)30/h3-12,15,17H,13-14,16H2,1-2H3,(H,28,31)(H,29,32). The van der Waals surface area contributed by atoms with Crippen molar-refractivity contribution in [2.24, 2.45) is 5.92 Å². The third kappa shape index (κ3) is 4.94. The number of carbonyl (C=O) groups is 2. The minimum absolute atomic E-state index is 0.0610. The second-order valence-electron chi connectivity index (χ2n) is 8.36. The molecule has 164 valence electrons. The molecule has 0 saturated heterocycles. The van der Waals surface area contributed by atoms with Gasteiger partial charge in [0.05, 0.1) is 0 Å². The first-order valence-corrected chi connectivity index (χ1v) is 11.1. The first-order chi connectivity index (χ1) is 15.4. The lowest BCUT2D eigenvalue weighted by molar-refractivity contribution is 0.0949. The van der Waals surface area contributed by atoms with E-state index in [1.807, 2.05) is 60.7 Å². The fourth-order valence-corrected chi connectivity index (χ4v) is 3.93. The summed E-state index contributed by atoms with van der Waals surface area (Å²) in [7, 11) is 0. The van der Waals surface area contributed by atoms with Crippen molar-refractivity contribution in [1.82, 2.24) is 5.32 Å². The van der Waals surface area contributed by atoms with Crippen LogP contribution in [-0.2, 0) is 6.42 Å². The molecule has 0 radical (unpaired) electrons. The second-order valence-corrected chi connectivity index (χ2v) is 8.80. The number of nitrogens with zero attached hydrogens (tertiary/aromatic N) is 1. The van der Waals surface area contributed by atoms with Crippen LogP contribution in [-0.4, -0.2) is 25.0 Å². The summed E-state index contributed by atoms with van der Waals surface area (Å²) in [6, 6.07) is 20.7. The van der Waals surface area contributed by atoms with Gasteiger partial charge in [0, 0.05) is 35.1 Å². The highest BCUT2D eigenvalue weighted by molar-refractivity contribution is 6.30. The van der Waals surface area contributed by atoms with Crippen LogP contribution in [0.25, 0.3) is 11.1 Å². The minimum atomic E-state index is -0.157. The number of carbonyl (C=O) groups excluding carboxylic acids is 2. The van der Waals surface area contributed by atoms with Gasteiger partial charge in [0.15, 0.2) is 0 Å². The zero-order valence-electron chi connectivity index (χ0n) is 18.2. The first kappa shape index (κ1) is 21.9. The maximum atomic E-state index is 12.8. The van der Waals surface area contributed by atoms with Gasteiger partial charge in [-0.25, -0.2) is 4.79 Å². The molecule has 1 heterocycles. The van der Waals surface area contributed by atoms with Crippen molar-refractivity contribution in [3.8, 4) is 11.1 Å². The van der Waals surface area contributed by atoms with Gasteiger partial charge in [0.1, 0.15) is 0 Å². The van der Waals surface area contributed by atoms with Crippen molar-refractivity contribution < 1.29 is 9.59 Å². The van der Waals surface area contributed by atoms with Crippen molar-refractivity contribution in [1.29, 1.82) is 0 Å². The molecular weight excluding hydrogens is 422 g/mol. The third-order valence-electron chi connectivity index (χ3n) is 5.47. The predicted octanol–water partition coefficient (Wildman–Crippen LogP) is 5.99. The van der Waals surface area contributed by atoms with Crippen molar-refractivity contribution in [2.45, 2.75) is 20.3 Å². The van der Waals surface area contributed by atoms with E-state index in [0.717, 1.165) is 34.5 Å². The summed E-state index contributed by atoms with van der Waals surface area (Å²) in [5.74, 6) is 0.352. The monoisotopic (exact) mass is 447 g/mol. The van der Waals surface area contributed by atoms with E-state index in [2.05, 4.69) is 24.5 Å². The van der Waals surface area contributed by atoms with E-state index in [-0.39, 0.29) is 11.9 Å². The molecule has 3 aromatic rings. The van der Waals surface area contributed by atoms with Crippen LogP contribution in [0.15, 0.2) is 66.7 Å². The Morgan fingerprint density at radius 3 is 2.28 bits per heavy atom. The molecule has 3 amide bonds. The summed E-state index contributed by atoms with van der Waals surface area (Å²) < 4.78 is 0. The van der Waals surface area contributed by atoms with E-state index in [9.17, 15) is 9.59 Å². The van der Waals surface area contributed by atoms with E-state index >= 15 is 0 Å². The maximum absolute atomic E-state index is 12.8. The molecule has 0 spiro atoms. The van der Waals surface area contributed by atoms with Gasteiger partial charge in [-0.2, -0.15) is 0 Å². The van der Waals surface area contributed by atoms with Crippen molar-refractivity contribution >= 4 is 34.9 Å². The third-order valence-corrected chi connectivity index (χ3v) is 5.70. The smallest absolute Gasteiger partial charge is 0.326 e. The van der Waals surface area contributed by atoms with Crippen LogP contribution in [0.5, 0.6) is 0 Å². The van der Waals surface area contributed by atoms with E-state index in [0.29, 0.717) is 29.6 Å². The highest BCUT2D eigenvalue weighted by Gasteiger charge is 2.24. The molecule has 32 heavy (non-hydrogen) atoms. The maximum Gasteiger partial charge on any atom is 0.326 e. The van der Waals surface area contributed by atoms with Gasteiger partial charge in [-0.15, -0.1) is 0 Å². The highest BCUT2D eigenvalue weighted by atomic mass is 35.5. The Bertz CT molecular complexity index is 1120. The van der Waals surface area contributed by atoms with E-state index < -0.39 is 0 Å². The number of halogens is 1. The number of hydrogen-bond acceptors (Lipinski definition) is 2. The van der Waals surface area contributed by atoms with Crippen LogP contribution in [0.4, 0.5) is 16.2 Å². The fraction of sp³-hybridized carbons (Fsp3) is 0.231. The second kappa shape index (κ2) is 9.45. The number of benzene rings is 3. The van der Waals surface area contributed by atoms with E-state index in [1.54, 1.807) is 11.0 Å². The summed E-state index contributed by atoms with van der Waals surface area (Å²) in [6.07, 6.45) is 0.799. The minimum Gasteiger partial charge on any atom is -0.352 e. The van der Waals surface area contributed by atoms with E-state index in [1.165, 1.54) is 0 Å². The topological polar surface area (TPSA) is 61.4 Å². The number of hydrogen-bond donors (Lipinski definition) is 2. The molecule has 0 unspecified atom stereocenters. The Morgan fingerprint density at radius 2 is 1.62 bits per heavy atom. The van der Waals surface area contributed by atoms with Crippen LogP contribution in [0.2, 0.25) is 5.02 Å². The molecule has 0 fully saturated rings. The van der Waals surface area contributed by atoms with Crippen molar-refractivity contribution in [3.63, 3.8) is 0 Å². The van der Waals surface area contributed by atoms with Gasteiger partial charge in [-0.1, -0.05) is 49.7 Å². The number of amides is 3. The zero-order chi connectivity index (χ0) is 22.7. The molecule has 2 N–H and O–H groups in total. The van der Waals surface area contributed by atoms with Gasteiger partial charge < -0.3 is 10.6 Å². The summed E-state index contributed by atoms with van der Waals surface area (Å²) in [4.78, 5) is 26.7. The SMILES string of the molecule is CC(C)CNC(=O)c1ccc(-c2ccc(NC(=O)N3CCc4cc(Cl)ccc43)cc2)cc1. The molecule has 0 atom stereocenters. The molecule has 6 heteroatoms. The van der Waals surface area contributed by atoms with Crippen LogP contribution in [0.1, 0.15) is 29.8 Å². The molecule has 3 aromatic carbocycles. The molecule has 0 aromatic heterocycles. The Morgan fingerprint density at radius 1 is 0.969 bits per heavy atom. The van der Waals surface area contributed by atoms with Gasteiger partial charge in [-0.05, 0) is 71.5 Å². The Balaban J connectivity index is 1.39. The van der Waals surface area contributed by atoms with Crippen molar-refractivity contribution in [2.75, 3.05) is 23.3 Å². The summed E-state index contributed by atoms with van der Waals surface area (Å²) in [5, 5.41) is 6.58. The molecule has 1 aliphatic heterocycles. The fourth-order valence-electron chi connectivity index (χ4n) is 3.73. The first-order valence-electron chi connectivity index (χ1n) is 10.8. The van der Waals surface area contributed by atoms with Gasteiger partial charge in [0.25, 0.3) is 5.91 Å². The van der Waals surface area contributed by atoms with E-state index in [4.69, 9.17) is 11.6 Å². The molecule has 1 aliphatic rings. The van der Waals surface area contributed by atoms with Gasteiger partial charge in [-0.3, -0.25) is 9.69 Å². The lowest BCUT2D eigenvalue weighted by Crippen LogP contribution is -2.33. The molecule has 0 saturated carbocycles. The quantitative estimate of drug-likeness (QED) is 0.504. The molecule has 5 nitrogen and oxygen atoms in total. The largest absolute Gasteiger partial charge is 0.352 e. The Labute approximate surface area is 193 Å². The zero-order valence-corrected chi connectivity index (χ0v) is 18.9. The average molecular weight is 448 g/mol.